The molecular formula is C24H22N4OS. The third-order valence-electron chi connectivity index (χ3n) is 5.37. The van der Waals surface area contributed by atoms with Gasteiger partial charge in [-0.2, -0.15) is 0 Å². The third-order valence-corrected chi connectivity index (χ3v) is 6.46. The molecule has 6 heteroatoms. The van der Waals surface area contributed by atoms with Crippen molar-refractivity contribution in [3.8, 4) is 5.69 Å². The van der Waals surface area contributed by atoms with Gasteiger partial charge < -0.3 is 9.67 Å². The van der Waals surface area contributed by atoms with Crippen LogP contribution in [0.3, 0.4) is 0 Å². The van der Waals surface area contributed by atoms with Crippen molar-refractivity contribution < 1.29 is 5.11 Å². The fraction of sp³-hybridized carbons (Fsp3) is 0.167. The number of fused-ring (bicyclic) bond motifs is 3. The minimum Gasteiger partial charge on any atom is -0.390 e. The first kappa shape index (κ1) is 18.9. The van der Waals surface area contributed by atoms with Crippen LogP contribution in [0.1, 0.15) is 5.56 Å². The zero-order valence-corrected chi connectivity index (χ0v) is 17.5. The molecule has 2 aromatic heterocycles. The number of aliphatic hydroxyl groups is 1. The van der Waals surface area contributed by atoms with Gasteiger partial charge in [-0.15, -0.1) is 10.2 Å². The van der Waals surface area contributed by atoms with Crippen LogP contribution in [0.2, 0.25) is 0 Å². The van der Waals surface area contributed by atoms with Crippen LogP contribution in [-0.2, 0) is 6.54 Å². The Balaban J connectivity index is 1.38. The second-order valence-electron chi connectivity index (χ2n) is 7.38. The highest BCUT2D eigenvalue weighted by Gasteiger charge is 2.15. The number of hydrogen-bond donors (Lipinski definition) is 1. The average molecular weight is 415 g/mol. The predicted octanol–water partition coefficient (Wildman–Crippen LogP) is 4.84. The van der Waals surface area contributed by atoms with Crippen molar-refractivity contribution in [2.75, 3.05) is 5.75 Å². The van der Waals surface area contributed by atoms with E-state index in [4.69, 9.17) is 0 Å². The number of aromatic nitrogens is 4. The van der Waals surface area contributed by atoms with Crippen LogP contribution >= 0.6 is 11.8 Å². The van der Waals surface area contributed by atoms with Crippen LogP contribution in [0.5, 0.6) is 0 Å². The zero-order chi connectivity index (χ0) is 20.5. The fourth-order valence-corrected chi connectivity index (χ4v) is 4.79. The SMILES string of the molecule is Cc1ccccc1-n1cnnc1SC[C@H](O)Cn1c2ccccc2c2ccccc21. The Morgan fingerprint density at radius 2 is 1.53 bits per heavy atom. The van der Waals surface area contributed by atoms with Gasteiger partial charge in [-0.25, -0.2) is 0 Å². The topological polar surface area (TPSA) is 55.9 Å². The molecule has 5 aromatic rings. The van der Waals surface area contributed by atoms with E-state index in [0.29, 0.717) is 12.3 Å². The molecule has 0 amide bonds. The first-order chi connectivity index (χ1) is 14.7. The first-order valence-electron chi connectivity index (χ1n) is 9.95. The maximum Gasteiger partial charge on any atom is 0.195 e. The highest BCUT2D eigenvalue weighted by Crippen LogP contribution is 2.29. The smallest absolute Gasteiger partial charge is 0.195 e. The average Bonchev–Trinajstić information content (AvgIpc) is 3.36. The van der Waals surface area contributed by atoms with E-state index in [0.717, 1.165) is 27.4 Å². The van der Waals surface area contributed by atoms with Gasteiger partial charge >= 0.3 is 0 Å². The Morgan fingerprint density at radius 3 is 2.23 bits per heavy atom. The molecule has 1 atom stereocenters. The van der Waals surface area contributed by atoms with E-state index < -0.39 is 6.10 Å². The lowest BCUT2D eigenvalue weighted by atomic mass is 10.2. The van der Waals surface area contributed by atoms with Crippen molar-refractivity contribution in [3.63, 3.8) is 0 Å². The molecule has 3 aromatic carbocycles. The van der Waals surface area contributed by atoms with Gasteiger partial charge in [0.15, 0.2) is 5.16 Å². The van der Waals surface area contributed by atoms with E-state index >= 15 is 0 Å². The van der Waals surface area contributed by atoms with Crippen molar-refractivity contribution in [2.24, 2.45) is 0 Å². The first-order valence-corrected chi connectivity index (χ1v) is 10.9. The molecule has 30 heavy (non-hydrogen) atoms. The summed E-state index contributed by atoms with van der Waals surface area (Å²) in [7, 11) is 0. The number of aryl methyl sites for hydroxylation is 1. The minimum atomic E-state index is -0.517. The van der Waals surface area contributed by atoms with Crippen LogP contribution in [-0.4, -0.2) is 36.3 Å². The Kier molecular flexibility index (Phi) is 5.02. The number of benzene rings is 3. The molecule has 1 N–H and O–H groups in total. The molecule has 0 aliphatic carbocycles. The van der Waals surface area contributed by atoms with Crippen LogP contribution in [0, 0.1) is 6.92 Å². The summed E-state index contributed by atoms with van der Waals surface area (Å²) in [5, 5.41) is 22.4. The summed E-state index contributed by atoms with van der Waals surface area (Å²) >= 11 is 1.52. The fourth-order valence-electron chi connectivity index (χ4n) is 3.96. The van der Waals surface area contributed by atoms with Crippen LogP contribution < -0.4 is 0 Å². The molecular weight excluding hydrogens is 392 g/mol. The highest BCUT2D eigenvalue weighted by atomic mass is 32.2. The van der Waals surface area contributed by atoms with Crippen molar-refractivity contribution >= 4 is 33.6 Å². The van der Waals surface area contributed by atoms with Crippen molar-refractivity contribution in [1.29, 1.82) is 0 Å². The Labute approximate surface area is 179 Å². The molecule has 2 heterocycles. The Morgan fingerprint density at radius 1 is 0.900 bits per heavy atom. The molecule has 0 saturated carbocycles. The van der Waals surface area contributed by atoms with Gasteiger partial charge in [0.2, 0.25) is 0 Å². The lowest BCUT2D eigenvalue weighted by molar-refractivity contribution is 0.181. The predicted molar refractivity (Wildman–Crippen MR) is 122 cm³/mol. The summed E-state index contributed by atoms with van der Waals surface area (Å²) < 4.78 is 4.19. The molecule has 0 radical (unpaired) electrons. The maximum absolute atomic E-state index is 10.9. The van der Waals surface area contributed by atoms with Crippen molar-refractivity contribution in [3.05, 3.63) is 84.7 Å². The summed E-state index contributed by atoms with van der Waals surface area (Å²) in [5.41, 5.74) is 4.50. The van der Waals surface area contributed by atoms with Crippen LogP contribution in [0.15, 0.2) is 84.3 Å². The molecule has 5 rings (SSSR count). The van der Waals surface area contributed by atoms with Crippen LogP contribution in [0.25, 0.3) is 27.5 Å². The second kappa shape index (κ2) is 7.97. The largest absolute Gasteiger partial charge is 0.390 e. The number of nitrogens with zero attached hydrogens (tertiary/aromatic N) is 4. The van der Waals surface area contributed by atoms with Gasteiger partial charge in [0, 0.05) is 27.6 Å². The molecule has 0 unspecified atom stereocenters. The number of thioether (sulfide) groups is 1. The molecule has 0 aliphatic rings. The summed E-state index contributed by atoms with van der Waals surface area (Å²) in [5.74, 6) is 0.533. The standard InChI is InChI=1S/C24H22N4OS/c1-17-8-2-5-11-21(17)28-16-25-26-24(28)30-15-18(29)14-27-22-12-6-3-9-19(22)20-10-4-7-13-23(20)27/h2-13,16,18,29H,14-15H2,1H3/t18-/m1/s1. The van der Waals surface area contributed by atoms with E-state index in [-0.39, 0.29) is 0 Å². The normalized spacial score (nSPS) is 12.6. The zero-order valence-electron chi connectivity index (χ0n) is 16.6. The van der Waals surface area contributed by atoms with Gasteiger partial charge in [0.25, 0.3) is 0 Å². The highest BCUT2D eigenvalue weighted by molar-refractivity contribution is 7.99. The van der Waals surface area contributed by atoms with Gasteiger partial charge in [-0.05, 0) is 30.7 Å². The van der Waals surface area contributed by atoms with E-state index in [9.17, 15) is 5.11 Å². The molecule has 0 aliphatic heterocycles. The van der Waals surface area contributed by atoms with Gasteiger partial charge in [0.05, 0.1) is 18.3 Å². The monoisotopic (exact) mass is 414 g/mol. The van der Waals surface area contributed by atoms with Gasteiger partial charge in [-0.1, -0.05) is 66.4 Å². The number of hydrogen-bond acceptors (Lipinski definition) is 4. The number of para-hydroxylation sites is 3. The molecule has 5 nitrogen and oxygen atoms in total. The number of rotatable bonds is 6. The second-order valence-corrected chi connectivity index (χ2v) is 8.37. The van der Waals surface area contributed by atoms with Crippen LogP contribution in [0.4, 0.5) is 0 Å². The van der Waals surface area contributed by atoms with E-state index in [1.165, 1.54) is 22.5 Å². The van der Waals surface area contributed by atoms with Crippen molar-refractivity contribution in [1.82, 2.24) is 19.3 Å². The minimum absolute atomic E-state index is 0.517. The quantitative estimate of drug-likeness (QED) is 0.404. The Bertz CT molecular complexity index is 1270. The maximum atomic E-state index is 10.9. The summed E-state index contributed by atoms with van der Waals surface area (Å²) in [6.07, 6.45) is 1.21. The molecule has 150 valence electrons. The van der Waals surface area contributed by atoms with E-state index in [1.807, 2.05) is 28.8 Å². The van der Waals surface area contributed by atoms with Gasteiger partial charge in [0.1, 0.15) is 6.33 Å². The van der Waals surface area contributed by atoms with Gasteiger partial charge in [-0.3, -0.25) is 4.57 Å². The lowest BCUT2D eigenvalue weighted by Gasteiger charge is -2.14. The lowest BCUT2D eigenvalue weighted by Crippen LogP contribution is -2.18. The Hall–Kier alpha value is -3.09. The summed E-state index contributed by atoms with van der Waals surface area (Å²) in [4.78, 5) is 0. The molecule has 0 bridgehead atoms. The molecule has 0 spiro atoms. The summed E-state index contributed by atoms with van der Waals surface area (Å²) in [6, 6.07) is 24.9. The molecule has 0 fully saturated rings. The van der Waals surface area contributed by atoms with E-state index in [1.54, 1.807) is 6.33 Å². The molecule has 0 saturated heterocycles. The number of aliphatic hydroxyl groups excluding tert-OH is 1. The van der Waals surface area contributed by atoms with Crippen molar-refractivity contribution in [2.45, 2.75) is 24.7 Å². The van der Waals surface area contributed by atoms with E-state index in [2.05, 4.69) is 70.2 Å². The third kappa shape index (κ3) is 3.38. The summed E-state index contributed by atoms with van der Waals surface area (Å²) in [6.45, 7) is 2.60.